The molecule has 0 aromatic carbocycles. The van der Waals surface area contributed by atoms with Gasteiger partial charge in [-0.1, -0.05) is 0 Å². The van der Waals surface area contributed by atoms with Gasteiger partial charge in [-0.15, -0.1) is 11.3 Å². The van der Waals surface area contributed by atoms with E-state index in [-0.39, 0.29) is 12.1 Å². The number of hydrogen-bond acceptors (Lipinski definition) is 4. The van der Waals surface area contributed by atoms with Crippen molar-refractivity contribution in [1.82, 2.24) is 29.4 Å². The van der Waals surface area contributed by atoms with Crippen molar-refractivity contribution in [1.29, 1.82) is 0 Å². The van der Waals surface area contributed by atoms with Crippen molar-refractivity contribution in [2.75, 3.05) is 19.6 Å². The number of thiazole rings is 1. The predicted molar refractivity (Wildman–Crippen MR) is 97.1 cm³/mol. The number of likely N-dealkylation sites (tertiary alicyclic amines) is 1. The number of fused-ring (bicyclic) bond motifs is 1. The highest BCUT2D eigenvalue weighted by molar-refractivity contribution is 7.15. The Hall–Kier alpha value is -2.35. The molecule has 7 nitrogen and oxygen atoms in total. The van der Waals surface area contributed by atoms with Crippen LogP contribution in [0.25, 0.3) is 4.96 Å². The van der Waals surface area contributed by atoms with Gasteiger partial charge in [0.25, 0.3) is 0 Å². The topological polar surface area (TPSA) is 67.5 Å². The molecule has 4 heterocycles. The van der Waals surface area contributed by atoms with Crippen LogP contribution in [0.4, 0.5) is 4.79 Å². The third-order valence-electron chi connectivity index (χ3n) is 4.64. The van der Waals surface area contributed by atoms with E-state index in [0.29, 0.717) is 13.1 Å². The van der Waals surface area contributed by atoms with Crippen molar-refractivity contribution in [3.8, 4) is 0 Å². The van der Waals surface area contributed by atoms with Crippen LogP contribution in [0, 0.1) is 13.8 Å². The van der Waals surface area contributed by atoms with Gasteiger partial charge in [0.15, 0.2) is 4.96 Å². The summed E-state index contributed by atoms with van der Waals surface area (Å²) in [6.07, 6.45) is 5.71. The number of aromatic nitrogens is 4. The molecule has 3 aromatic rings. The van der Waals surface area contributed by atoms with Crippen LogP contribution in [0.15, 0.2) is 23.8 Å². The molecule has 1 fully saturated rings. The van der Waals surface area contributed by atoms with Crippen molar-refractivity contribution < 1.29 is 4.79 Å². The molecular weight excluding hydrogens is 336 g/mol. The molecule has 0 spiro atoms. The lowest BCUT2D eigenvalue weighted by Gasteiger charge is -2.18. The van der Waals surface area contributed by atoms with Gasteiger partial charge >= 0.3 is 6.03 Å². The van der Waals surface area contributed by atoms with Crippen LogP contribution in [-0.4, -0.2) is 49.7 Å². The maximum atomic E-state index is 12.4. The number of nitrogens with one attached hydrogen (secondary N) is 1. The van der Waals surface area contributed by atoms with Gasteiger partial charge in [-0.05, 0) is 26.3 Å². The molecule has 1 N–H and O–H groups in total. The molecule has 1 unspecified atom stereocenters. The summed E-state index contributed by atoms with van der Waals surface area (Å²) < 4.78 is 4.07. The zero-order valence-corrected chi connectivity index (χ0v) is 15.3. The summed E-state index contributed by atoms with van der Waals surface area (Å²) in [5, 5.41) is 9.58. The maximum Gasteiger partial charge on any atom is 0.317 e. The second-order valence-corrected chi connectivity index (χ2v) is 7.44. The summed E-state index contributed by atoms with van der Waals surface area (Å²) in [6, 6.07) is 2.36. The minimum atomic E-state index is 0.00468. The second-order valence-electron chi connectivity index (χ2n) is 6.57. The third kappa shape index (κ3) is 3.26. The number of carbonyl (C=O) groups excluding carboxylic acids is 1. The molecule has 2 amide bonds. The summed E-state index contributed by atoms with van der Waals surface area (Å²) in [5.41, 5.74) is 3.19. The summed E-state index contributed by atoms with van der Waals surface area (Å²) in [5.74, 6) is 0. The molecule has 0 bridgehead atoms. The Morgan fingerprint density at radius 1 is 1.44 bits per heavy atom. The zero-order valence-electron chi connectivity index (χ0n) is 14.5. The van der Waals surface area contributed by atoms with E-state index in [1.54, 1.807) is 11.3 Å². The number of amides is 2. The third-order valence-corrected chi connectivity index (χ3v) is 5.41. The molecule has 4 rings (SSSR count). The molecule has 1 atom stereocenters. The van der Waals surface area contributed by atoms with Crippen LogP contribution in [0.2, 0.25) is 0 Å². The fourth-order valence-electron chi connectivity index (χ4n) is 3.45. The van der Waals surface area contributed by atoms with Crippen molar-refractivity contribution in [3.63, 3.8) is 0 Å². The van der Waals surface area contributed by atoms with Crippen molar-refractivity contribution >= 4 is 22.3 Å². The number of urea groups is 1. The Labute approximate surface area is 150 Å². The first-order chi connectivity index (χ1) is 12.1. The van der Waals surface area contributed by atoms with Gasteiger partial charge in [-0.3, -0.25) is 9.08 Å². The van der Waals surface area contributed by atoms with E-state index in [1.807, 2.05) is 34.0 Å². The molecule has 3 aromatic heterocycles. The fraction of sp³-hybridized carbons (Fsp3) is 0.471. The van der Waals surface area contributed by atoms with Crippen LogP contribution in [0.5, 0.6) is 0 Å². The van der Waals surface area contributed by atoms with Crippen molar-refractivity contribution in [2.45, 2.75) is 32.7 Å². The van der Waals surface area contributed by atoms with Gasteiger partial charge in [-0.2, -0.15) is 5.10 Å². The first kappa shape index (κ1) is 16.1. The molecule has 132 valence electrons. The second kappa shape index (κ2) is 6.51. The maximum absolute atomic E-state index is 12.4. The van der Waals surface area contributed by atoms with Gasteiger partial charge in [0.05, 0.1) is 17.4 Å². The van der Waals surface area contributed by atoms with Crippen LogP contribution in [0.1, 0.15) is 29.5 Å². The highest BCUT2D eigenvalue weighted by Gasteiger charge is 2.28. The number of rotatable bonds is 4. The average molecular weight is 358 g/mol. The predicted octanol–water partition coefficient (Wildman–Crippen LogP) is 2.41. The van der Waals surface area contributed by atoms with E-state index >= 15 is 0 Å². The van der Waals surface area contributed by atoms with Crippen molar-refractivity contribution in [2.24, 2.45) is 0 Å². The number of aryl methyl sites for hydroxylation is 2. The molecule has 1 aliphatic heterocycles. The van der Waals surface area contributed by atoms with E-state index in [0.717, 1.165) is 41.4 Å². The summed E-state index contributed by atoms with van der Waals surface area (Å²) in [7, 11) is 0. The van der Waals surface area contributed by atoms with Crippen LogP contribution in [-0.2, 0) is 6.42 Å². The Morgan fingerprint density at radius 2 is 2.32 bits per heavy atom. The van der Waals surface area contributed by atoms with E-state index in [2.05, 4.69) is 33.1 Å². The lowest BCUT2D eigenvalue weighted by Crippen LogP contribution is -2.39. The molecule has 0 aliphatic carbocycles. The molecule has 8 heteroatoms. The zero-order chi connectivity index (χ0) is 17.4. The molecule has 1 aliphatic rings. The standard InChI is InChI=1S/C17H22N6OS/c1-12-9-13(2)23(20-12)15-4-6-21(11-15)16(24)18-5-3-14-10-22-7-8-25-17(22)19-14/h7-10,15H,3-6,11H2,1-2H3,(H,18,24). The first-order valence-electron chi connectivity index (χ1n) is 8.57. The Kier molecular flexibility index (Phi) is 4.20. The average Bonchev–Trinajstić information content (AvgIpc) is 3.30. The number of carbonyl (C=O) groups is 1. The quantitative estimate of drug-likeness (QED) is 0.779. The summed E-state index contributed by atoms with van der Waals surface area (Å²) in [6.45, 7) is 6.16. The van der Waals surface area contributed by atoms with Crippen LogP contribution < -0.4 is 5.32 Å². The molecule has 1 saturated heterocycles. The minimum Gasteiger partial charge on any atom is -0.338 e. The Balaban J connectivity index is 1.28. The summed E-state index contributed by atoms with van der Waals surface area (Å²) >= 11 is 1.62. The Morgan fingerprint density at radius 3 is 3.08 bits per heavy atom. The van der Waals surface area contributed by atoms with E-state index in [4.69, 9.17) is 0 Å². The number of hydrogen-bond donors (Lipinski definition) is 1. The van der Waals surface area contributed by atoms with Gasteiger partial charge in [0, 0.05) is 49.5 Å². The number of nitrogens with zero attached hydrogens (tertiary/aromatic N) is 5. The smallest absolute Gasteiger partial charge is 0.317 e. The van der Waals surface area contributed by atoms with Gasteiger partial charge in [0.2, 0.25) is 0 Å². The fourth-order valence-corrected chi connectivity index (χ4v) is 4.17. The van der Waals surface area contributed by atoms with E-state index in [9.17, 15) is 4.79 Å². The lowest BCUT2D eigenvalue weighted by atomic mass is 10.2. The first-order valence-corrected chi connectivity index (χ1v) is 9.45. The SMILES string of the molecule is Cc1cc(C)n(C2CCN(C(=O)NCCc3cn4ccsc4n3)C2)n1. The molecule has 25 heavy (non-hydrogen) atoms. The largest absolute Gasteiger partial charge is 0.338 e. The molecular formula is C17H22N6OS. The Bertz CT molecular complexity index is 866. The van der Waals surface area contributed by atoms with E-state index < -0.39 is 0 Å². The van der Waals surface area contributed by atoms with Crippen LogP contribution in [0.3, 0.4) is 0 Å². The minimum absolute atomic E-state index is 0.00468. The summed E-state index contributed by atoms with van der Waals surface area (Å²) in [4.78, 5) is 19.8. The highest BCUT2D eigenvalue weighted by atomic mass is 32.1. The number of imidazole rings is 1. The van der Waals surface area contributed by atoms with Gasteiger partial charge < -0.3 is 10.2 Å². The normalized spacial score (nSPS) is 17.5. The molecule has 0 radical (unpaired) electrons. The lowest BCUT2D eigenvalue weighted by molar-refractivity contribution is 0.207. The van der Waals surface area contributed by atoms with Gasteiger partial charge in [-0.25, -0.2) is 9.78 Å². The van der Waals surface area contributed by atoms with Gasteiger partial charge in [0.1, 0.15) is 0 Å². The van der Waals surface area contributed by atoms with Crippen LogP contribution >= 0.6 is 11.3 Å². The highest BCUT2D eigenvalue weighted by Crippen LogP contribution is 2.23. The molecule has 0 saturated carbocycles. The van der Waals surface area contributed by atoms with E-state index in [1.165, 1.54) is 0 Å². The van der Waals surface area contributed by atoms with Crippen molar-refractivity contribution in [3.05, 3.63) is 40.9 Å². The monoisotopic (exact) mass is 358 g/mol.